The van der Waals surface area contributed by atoms with E-state index in [4.69, 9.17) is 4.74 Å². The van der Waals surface area contributed by atoms with Crippen molar-refractivity contribution in [2.45, 2.75) is 38.8 Å². The van der Waals surface area contributed by atoms with Crippen LogP contribution in [0.4, 0.5) is 10.5 Å². The standard InChI is InChI=1S/C24H28N2O3/c1-17-8-6-12-20(14-17)25(2)23(27)22-21-13-7-11-19(21)15-26(22)24(28)29-16-18-9-4-3-5-10-18/h3-6,8-10,12,14,19,21-22H,7,11,13,15-16H2,1-2H3/t19-,21-,22-/m0/s1. The monoisotopic (exact) mass is 392 g/mol. The van der Waals surface area contributed by atoms with E-state index in [9.17, 15) is 9.59 Å². The first-order valence-electron chi connectivity index (χ1n) is 10.4. The second-order valence-corrected chi connectivity index (χ2v) is 8.23. The maximum absolute atomic E-state index is 13.5. The van der Waals surface area contributed by atoms with Crippen LogP contribution in [0.5, 0.6) is 0 Å². The predicted molar refractivity (Wildman–Crippen MR) is 113 cm³/mol. The van der Waals surface area contributed by atoms with E-state index in [0.29, 0.717) is 12.5 Å². The van der Waals surface area contributed by atoms with Gasteiger partial charge in [-0.15, -0.1) is 0 Å². The first-order chi connectivity index (χ1) is 14.0. The van der Waals surface area contributed by atoms with Crippen molar-refractivity contribution in [3.63, 3.8) is 0 Å². The summed E-state index contributed by atoms with van der Waals surface area (Å²) in [7, 11) is 1.80. The van der Waals surface area contributed by atoms with Crippen LogP contribution < -0.4 is 4.90 Å². The highest BCUT2D eigenvalue weighted by atomic mass is 16.6. The average Bonchev–Trinajstić information content (AvgIpc) is 3.33. The summed E-state index contributed by atoms with van der Waals surface area (Å²) in [4.78, 5) is 29.7. The fourth-order valence-electron chi connectivity index (χ4n) is 4.77. The number of hydrogen-bond donors (Lipinski definition) is 0. The van der Waals surface area contributed by atoms with Gasteiger partial charge in [0.1, 0.15) is 12.6 Å². The lowest BCUT2D eigenvalue weighted by Gasteiger charge is -2.30. The van der Waals surface area contributed by atoms with Crippen LogP contribution >= 0.6 is 0 Å². The van der Waals surface area contributed by atoms with Gasteiger partial charge in [-0.25, -0.2) is 4.79 Å². The van der Waals surface area contributed by atoms with Crippen molar-refractivity contribution in [3.05, 3.63) is 65.7 Å². The number of nitrogens with zero attached hydrogens (tertiary/aromatic N) is 2. The first kappa shape index (κ1) is 19.5. The Morgan fingerprint density at radius 3 is 2.66 bits per heavy atom. The van der Waals surface area contributed by atoms with Gasteiger partial charge >= 0.3 is 6.09 Å². The number of benzene rings is 2. The summed E-state index contributed by atoms with van der Waals surface area (Å²) < 4.78 is 5.58. The Morgan fingerprint density at radius 2 is 1.90 bits per heavy atom. The number of carbonyl (C=O) groups excluding carboxylic acids is 2. The number of carbonyl (C=O) groups is 2. The molecule has 0 unspecified atom stereocenters. The molecule has 5 heteroatoms. The number of hydrogen-bond acceptors (Lipinski definition) is 3. The zero-order valence-corrected chi connectivity index (χ0v) is 17.1. The Morgan fingerprint density at radius 1 is 1.10 bits per heavy atom. The van der Waals surface area contributed by atoms with Crippen molar-refractivity contribution < 1.29 is 14.3 Å². The quantitative estimate of drug-likeness (QED) is 0.775. The molecule has 0 bridgehead atoms. The molecule has 1 aliphatic heterocycles. The Labute approximate surface area is 172 Å². The van der Waals surface area contributed by atoms with Crippen LogP contribution in [0.25, 0.3) is 0 Å². The highest BCUT2D eigenvalue weighted by molar-refractivity contribution is 5.99. The highest BCUT2D eigenvalue weighted by Gasteiger charge is 2.50. The number of amides is 2. The Balaban J connectivity index is 1.51. The number of anilines is 1. The van der Waals surface area contributed by atoms with E-state index in [0.717, 1.165) is 36.1 Å². The number of aryl methyl sites for hydroxylation is 1. The molecule has 1 heterocycles. The minimum Gasteiger partial charge on any atom is -0.445 e. The molecule has 3 atom stereocenters. The molecule has 1 aliphatic carbocycles. The molecule has 4 rings (SSSR count). The molecule has 2 aromatic carbocycles. The van der Waals surface area contributed by atoms with Crippen molar-refractivity contribution in [1.29, 1.82) is 0 Å². The zero-order chi connectivity index (χ0) is 20.4. The van der Waals surface area contributed by atoms with E-state index in [1.807, 2.05) is 61.5 Å². The van der Waals surface area contributed by atoms with Crippen LogP contribution in [0.3, 0.4) is 0 Å². The Hall–Kier alpha value is -2.82. The van der Waals surface area contributed by atoms with Crippen molar-refractivity contribution >= 4 is 17.7 Å². The summed E-state index contributed by atoms with van der Waals surface area (Å²) in [6.07, 6.45) is 2.80. The maximum Gasteiger partial charge on any atom is 0.410 e. The molecule has 0 spiro atoms. The predicted octanol–water partition coefficient (Wildman–Crippen LogP) is 4.40. The molecule has 152 valence electrons. The fourth-order valence-corrected chi connectivity index (χ4v) is 4.77. The van der Waals surface area contributed by atoms with Crippen LogP contribution in [-0.4, -0.2) is 36.5 Å². The maximum atomic E-state index is 13.5. The van der Waals surface area contributed by atoms with Crippen LogP contribution in [0.15, 0.2) is 54.6 Å². The molecule has 5 nitrogen and oxygen atoms in total. The zero-order valence-electron chi connectivity index (χ0n) is 17.1. The summed E-state index contributed by atoms with van der Waals surface area (Å²) in [6.45, 7) is 2.84. The van der Waals surface area contributed by atoms with Gasteiger partial charge in [0.05, 0.1) is 0 Å². The molecule has 1 saturated carbocycles. The summed E-state index contributed by atoms with van der Waals surface area (Å²) in [5.41, 5.74) is 2.90. The highest BCUT2D eigenvalue weighted by Crippen LogP contribution is 2.43. The van der Waals surface area contributed by atoms with Gasteiger partial charge < -0.3 is 9.64 Å². The van der Waals surface area contributed by atoms with Gasteiger partial charge in [-0.05, 0) is 54.9 Å². The van der Waals surface area contributed by atoms with Crippen LogP contribution in [-0.2, 0) is 16.1 Å². The lowest BCUT2D eigenvalue weighted by molar-refractivity contribution is -0.123. The van der Waals surface area contributed by atoms with Crippen LogP contribution in [0.1, 0.15) is 30.4 Å². The smallest absolute Gasteiger partial charge is 0.410 e. The molecule has 0 aromatic heterocycles. The van der Waals surface area contributed by atoms with E-state index in [1.165, 1.54) is 0 Å². The normalized spacial score (nSPS) is 23.0. The van der Waals surface area contributed by atoms with Gasteiger partial charge in [-0.2, -0.15) is 0 Å². The third-order valence-corrected chi connectivity index (χ3v) is 6.30. The van der Waals surface area contributed by atoms with E-state index in [2.05, 4.69) is 0 Å². The summed E-state index contributed by atoms with van der Waals surface area (Å²) in [5, 5.41) is 0. The molecule has 2 aliphatic rings. The lowest BCUT2D eigenvalue weighted by atomic mass is 9.93. The average molecular weight is 392 g/mol. The molecule has 2 fully saturated rings. The van der Waals surface area contributed by atoms with Gasteiger partial charge in [0.15, 0.2) is 0 Å². The molecular formula is C24H28N2O3. The van der Waals surface area contributed by atoms with Crippen LogP contribution in [0, 0.1) is 18.8 Å². The SMILES string of the molecule is Cc1cccc(N(C)C(=O)[C@@H]2[C@H]3CCC[C@H]3CN2C(=O)OCc2ccccc2)c1. The number of fused-ring (bicyclic) bond motifs is 1. The molecule has 29 heavy (non-hydrogen) atoms. The molecule has 0 N–H and O–H groups in total. The van der Waals surface area contributed by atoms with Crippen molar-refractivity contribution in [3.8, 4) is 0 Å². The summed E-state index contributed by atoms with van der Waals surface area (Å²) in [6, 6.07) is 17.1. The summed E-state index contributed by atoms with van der Waals surface area (Å²) in [5.74, 6) is 0.583. The minimum absolute atomic E-state index is 0.0262. The number of rotatable bonds is 4. The lowest BCUT2D eigenvalue weighted by Crippen LogP contribution is -2.49. The second-order valence-electron chi connectivity index (χ2n) is 8.23. The van der Waals surface area contributed by atoms with E-state index in [-0.39, 0.29) is 24.5 Å². The molecule has 1 saturated heterocycles. The Kier molecular flexibility index (Phi) is 5.56. The molecule has 2 amide bonds. The largest absolute Gasteiger partial charge is 0.445 e. The summed E-state index contributed by atoms with van der Waals surface area (Å²) >= 11 is 0. The fraction of sp³-hybridized carbons (Fsp3) is 0.417. The van der Waals surface area contributed by atoms with Gasteiger partial charge in [0, 0.05) is 19.3 Å². The second kappa shape index (κ2) is 8.27. The number of ether oxygens (including phenoxy) is 1. The molecule has 0 radical (unpaired) electrons. The molecular weight excluding hydrogens is 364 g/mol. The molecule has 2 aromatic rings. The minimum atomic E-state index is -0.448. The van der Waals surface area contributed by atoms with Gasteiger partial charge in [-0.3, -0.25) is 9.69 Å². The van der Waals surface area contributed by atoms with E-state index in [1.54, 1.807) is 16.8 Å². The number of likely N-dealkylation sites (tertiary alicyclic amines) is 1. The van der Waals surface area contributed by atoms with Crippen LogP contribution in [0.2, 0.25) is 0 Å². The third kappa shape index (κ3) is 4.00. The van der Waals surface area contributed by atoms with E-state index < -0.39 is 6.04 Å². The van der Waals surface area contributed by atoms with Gasteiger partial charge in [0.2, 0.25) is 5.91 Å². The number of likely N-dealkylation sites (N-methyl/N-ethyl adjacent to an activating group) is 1. The topological polar surface area (TPSA) is 49.9 Å². The van der Waals surface area contributed by atoms with Crippen molar-refractivity contribution in [1.82, 2.24) is 4.90 Å². The first-order valence-corrected chi connectivity index (χ1v) is 10.4. The third-order valence-electron chi connectivity index (χ3n) is 6.30. The van der Waals surface area contributed by atoms with Crippen molar-refractivity contribution in [2.75, 3.05) is 18.5 Å². The van der Waals surface area contributed by atoms with Gasteiger partial charge in [0.25, 0.3) is 0 Å². The van der Waals surface area contributed by atoms with Crippen molar-refractivity contribution in [2.24, 2.45) is 11.8 Å². The van der Waals surface area contributed by atoms with Gasteiger partial charge in [-0.1, -0.05) is 48.9 Å². The Bertz CT molecular complexity index is 883. The van der Waals surface area contributed by atoms with E-state index >= 15 is 0 Å².